The molecule has 0 aromatic heterocycles. The number of benzene rings is 1. The van der Waals surface area contributed by atoms with E-state index in [0.717, 1.165) is 24.0 Å². The SMILES string of the molecule is CNC[C@H]1CCCN1S(=O)(=O)c1cc(C)ccc1C. The van der Waals surface area contributed by atoms with Crippen LogP contribution in [0.4, 0.5) is 0 Å². The molecule has 106 valence electrons. The highest BCUT2D eigenvalue weighted by atomic mass is 32.2. The van der Waals surface area contributed by atoms with E-state index in [1.54, 1.807) is 10.4 Å². The Morgan fingerprint density at radius 2 is 2.11 bits per heavy atom. The molecule has 1 aromatic carbocycles. The minimum Gasteiger partial charge on any atom is -0.318 e. The van der Waals surface area contributed by atoms with E-state index >= 15 is 0 Å². The zero-order valence-corrected chi connectivity index (χ0v) is 12.6. The van der Waals surface area contributed by atoms with E-state index in [0.29, 0.717) is 18.0 Å². The van der Waals surface area contributed by atoms with Crippen LogP contribution in [-0.2, 0) is 10.0 Å². The third kappa shape index (κ3) is 2.83. The summed E-state index contributed by atoms with van der Waals surface area (Å²) < 4.78 is 27.2. The van der Waals surface area contributed by atoms with Crippen molar-refractivity contribution in [2.24, 2.45) is 0 Å². The lowest BCUT2D eigenvalue weighted by atomic mass is 10.2. The Bertz CT molecular complexity index is 555. The molecule has 1 aliphatic heterocycles. The van der Waals surface area contributed by atoms with Crippen molar-refractivity contribution in [2.45, 2.75) is 37.6 Å². The summed E-state index contributed by atoms with van der Waals surface area (Å²) >= 11 is 0. The van der Waals surface area contributed by atoms with Crippen LogP contribution < -0.4 is 5.32 Å². The second kappa shape index (κ2) is 5.61. The molecule has 1 heterocycles. The first-order valence-electron chi connectivity index (χ1n) is 6.70. The lowest BCUT2D eigenvalue weighted by molar-refractivity contribution is 0.379. The Hall–Kier alpha value is -0.910. The molecule has 5 heteroatoms. The average molecular weight is 282 g/mol. The molecular weight excluding hydrogens is 260 g/mol. The predicted octanol–water partition coefficient (Wildman–Crippen LogP) is 1.68. The van der Waals surface area contributed by atoms with E-state index in [1.807, 2.05) is 33.0 Å². The molecule has 0 amide bonds. The summed E-state index contributed by atoms with van der Waals surface area (Å²) in [6.07, 6.45) is 1.88. The van der Waals surface area contributed by atoms with Gasteiger partial charge in [0.1, 0.15) is 0 Å². The first-order valence-corrected chi connectivity index (χ1v) is 8.14. The Kier molecular flexibility index (Phi) is 4.28. The van der Waals surface area contributed by atoms with Crippen LogP contribution in [0, 0.1) is 13.8 Å². The van der Waals surface area contributed by atoms with Crippen LogP contribution in [0.5, 0.6) is 0 Å². The third-order valence-corrected chi connectivity index (χ3v) is 5.79. The Morgan fingerprint density at radius 3 is 2.79 bits per heavy atom. The second-order valence-electron chi connectivity index (χ2n) is 5.24. The first-order chi connectivity index (χ1) is 8.96. The molecular formula is C14H22N2O2S. The summed E-state index contributed by atoms with van der Waals surface area (Å²) in [4.78, 5) is 0.454. The Labute approximate surface area is 115 Å². The van der Waals surface area contributed by atoms with Crippen molar-refractivity contribution in [3.63, 3.8) is 0 Å². The van der Waals surface area contributed by atoms with E-state index in [1.165, 1.54) is 0 Å². The van der Waals surface area contributed by atoms with E-state index in [-0.39, 0.29) is 6.04 Å². The van der Waals surface area contributed by atoms with Crippen molar-refractivity contribution in [2.75, 3.05) is 20.1 Å². The van der Waals surface area contributed by atoms with Gasteiger partial charge in [-0.3, -0.25) is 0 Å². The van der Waals surface area contributed by atoms with E-state index in [2.05, 4.69) is 5.32 Å². The fourth-order valence-electron chi connectivity index (χ4n) is 2.68. The van der Waals surface area contributed by atoms with Gasteiger partial charge in [-0.25, -0.2) is 8.42 Å². The van der Waals surface area contributed by atoms with Crippen molar-refractivity contribution in [3.05, 3.63) is 29.3 Å². The summed E-state index contributed by atoms with van der Waals surface area (Å²) in [5.41, 5.74) is 1.80. The maximum Gasteiger partial charge on any atom is 0.243 e. The number of nitrogens with one attached hydrogen (secondary N) is 1. The van der Waals surface area contributed by atoms with Crippen molar-refractivity contribution in [1.29, 1.82) is 0 Å². The number of aryl methyl sites for hydroxylation is 2. The van der Waals surface area contributed by atoms with Gasteiger partial charge in [-0.05, 0) is 50.9 Å². The van der Waals surface area contributed by atoms with Crippen LogP contribution in [0.3, 0.4) is 0 Å². The molecule has 1 aliphatic rings. The highest BCUT2D eigenvalue weighted by molar-refractivity contribution is 7.89. The summed E-state index contributed by atoms with van der Waals surface area (Å²) in [7, 11) is -1.51. The highest BCUT2D eigenvalue weighted by Crippen LogP contribution is 2.28. The molecule has 1 fully saturated rings. The van der Waals surface area contributed by atoms with Crippen LogP contribution in [-0.4, -0.2) is 38.9 Å². The maximum atomic E-state index is 12.8. The van der Waals surface area contributed by atoms with Gasteiger partial charge < -0.3 is 5.32 Å². The van der Waals surface area contributed by atoms with Gasteiger partial charge >= 0.3 is 0 Å². The summed E-state index contributed by atoms with van der Waals surface area (Å²) in [5.74, 6) is 0. The molecule has 0 aliphatic carbocycles. The molecule has 0 bridgehead atoms. The smallest absolute Gasteiger partial charge is 0.243 e. The van der Waals surface area contributed by atoms with Crippen molar-refractivity contribution in [1.82, 2.24) is 9.62 Å². The lowest BCUT2D eigenvalue weighted by Crippen LogP contribution is -2.41. The maximum absolute atomic E-state index is 12.8. The monoisotopic (exact) mass is 282 g/mol. The van der Waals surface area contributed by atoms with Crippen LogP contribution in [0.2, 0.25) is 0 Å². The molecule has 4 nitrogen and oxygen atoms in total. The lowest BCUT2D eigenvalue weighted by Gasteiger charge is -2.24. The molecule has 0 spiro atoms. The van der Waals surface area contributed by atoms with Gasteiger partial charge in [0.15, 0.2) is 0 Å². The molecule has 0 saturated carbocycles. The minimum atomic E-state index is -3.37. The molecule has 0 unspecified atom stereocenters. The molecule has 0 radical (unpaired) electrons. The zero-order chi connectivity index (χ0) is 14.0. The molecule has 1 saturated heterocycles. The average Bonchev–Trinajstić information content (AvgIpc) is 2.81. The standard InChI is InChI=1S/C14H22N2O2S/c1-11-6-7-12(2)14(9-11)19(17,18)16-8-4-5-13(16)10-15-3/h6-7,9,13,15H,4-5,8,10H2,1-3H3/t13-/m1/s1. The van der Waals surface area contributed by atoms with Gasteiger partial charge in [0.25, 0.3) is 0 Å². The van der Waals surface area contributed by atoms with Crippen LogP contribution >= 0.6 is 0 Å². The van der Waals surface area contributed by atoms with Gasteiger partial charge in [0.05, 0.1) is 4.90 Å². The van der Waals surface area contributed by atoms with E-state index in [4.69, 9.17) is 0 Å². The second-order valence-corrected chi connectivity index (χ2v) is 7.10. The number of nitrogens with zero attached hydrogens (tertiary/aromatic N) is 1. The summed E-state index contributed by atoms with van der Waals surface area (Å²) in [6, 6.07) is 5.68. The van der Waals surface area contributed by atoms with Gasteiger partial charge in [-0.15, -0.1) is 0 Å². The fourth-order valence-corrected chi connectivity index (χ4v) is 4.68. The summed E-state index contributed by atoms with van der Waals surface area (Å²) in [5, 5.41) is 3.08. The predicted molar refractivity (Wildman–Crippen MR) is 76.8 cm³/mol. The summed E-state index contributed by atoms with van der Waals surface area (Å²) in [6.45, 7) is 5.12. The van der Waals surface area contributed by atoms with Crippen LogP contribution in [0.15, 0.2) is 23.1 Å². The highest BCUT2D eigenvalue weighted by Gasteiger charge is 2.35. The zero-order valence-electron chi connectivity index (χ0n) is 11.8. The Morgan fingerprint density at radius 1 is 1.37 bits per heavy atom. The fraction of sp³-hybridized carbons (Fsp3) is 0.571. The van der Waals surface area contributed by atoms with E-state index in [9.17, 15) is 8.42 Å². The van der Waals surface area contributed by atoms with Crippen molar-refractivity contribution in [3.8, 4) is 0 Å². The molecule has 1 aromatic rings. The normalized spacial score (nSPS) is 20.9. The largest absolute Gasteiger partial charge is 0.318 e. The molecule has 1 atom stereocenters. The minimum absolute atomic E-state index is 0.0786. The molecule has 1 N–H and O–H groups in total. The quantitative estimate of drug-likeness (QED) is 0.914. The van der Waals surface area contributed by atoms with E-state index < -0.39 is 10.0 Å². The van der Waals surface area contributed by atoms with Crippen molar-refractivity contribution >= 4 is 10.0 Å². The number of rotatable bonds is 4. The van der Waals surface area contributed by atoms with Crippen molar-refractivity contribution < 1.29 is 8.42 Å². The third-order valence-electron chi connectivity index (χ3n) is 3.69. The number of hydrogen-bond donors (Lipinski definition) is 1. The first kappa shape index (κ1) is 14.5. The number of sulfonamides is 1. The van der Waals surface area contributed by atoms with Gasteiger partial charge in [0, 0.05) is 19.1 Å². The van der Waals surface area contributed by atoms with Gasteiger partial charge in [-0.1, -0.05) is 12.1 Å². The number of hydrogen-bond acceptors (Lipinski definition) is 3. The van der Waals surface area contributed by atoms with Gasteiger partial charge in [0.2, 0.25) is 10.0 Å². The topological polar surface area (TPSA) is 49.4 Å². The molecule has 19 heavy (non-hydrogen) atoms. The Balaban J connectivity index is 2.39. The molecule has 2 rings (SSSR count). The number of likely N-dealkylation sites (N-methyl/N-ethyl adjacent to an activating group) is 1. The van der Waals surface area contributed by atoms with Gasteiger partial charge in [-0.2, -0.15) is 4.31 Å². The van der Waals surface area contributed by atoms with Crippen LogP contribution in [0.25, 0.3) is 0 Å². The van der Waals surface area contributed by atoms with Crippen LogP contribution in [0.1, 0.15) is 24.0 Å².